The number of rotatable bonds is 6. The van der Waals surface area contributed by atoms with Gasteiger partial charge >= 0.3 is 0 Å². The molecular weight excluding hydrogens is 264 g/mol. The van der Waals surface area contributed by atoms with E-state index in [9.17, 15) is 4.79 Å². The molecule has 1 atom stereocenters. The van der Waals surface area contributed by atoms with Gasteiger partial charge in [0.05, 0.1) is 25.4 Å². The quantitative estimate of drug-likeness (QED) is 0.888. The molecule has 2 aromatic rings. The van der Waals surface area contributed by atoms with Crippen LogP contribution in [0.2, 0.25) is 0 Å². The molecule has 0 radical (unpaired) electrons. The molecule has 21 heavy (non-hydrogen) atoms. The van der Waals surface area contributed by atoms with Crippen LogP contribution >= 0.6 is 0 Å². The summed E-state index contributed by atoms with van der Waals surface area (Å²) in [5.41, 5.74) is 2.34. The maximum atomic E-state index is 12.1. The molecule has 0 fully saturated rings. The van der Waals surface area contributed by atoms with Crippen molar-refractivity contribution in [2.75, 3.05) is 13.6 Å². The van der Waals surface area contributed by atoms with E-state index in [-0.39, 0.29) is 11.9 Å². The molecule has 0 saturated carbocycles. The Bertz CT molecular complexity index is 578. The highest BCUT2D eigenvalue weighted by atomic mass is 16.3. The number of furan rings is 1. The first-order chi connectivity index (χ1) is 10.1. The zero-order chi connectivity index (χ0) is 15.2. The molecule has 0 bridgehead atoms. The summed E-state index contributed by atoms with van der Waals surface area (Å²) in [5.74, 6) is 0.872. The van der Waals surface area contributed by atoms with Crippen molar-refractivity contribution in [1.82, 2.24) is 10.2 Å². The Hall–Kier alpha value is -2.07. The lowest BCUT2D eigenvalue weighted by Gasteiger charge is -2.19. The third-order valence-corrected chi connectivity index (χ3v) is 3.45. The Kier molecular flexibility index (Phi) is 5.17. The Morgan fingerprint density at radius 3 is 2.71 bits per heavy atom. The van der Waals surface area contributed by atoms with Gasteiger partial charge < -0.3 is 9.73 Å². The Morgan fingerprint density at radius 1 is 1.29 bits per heavy atom. The van der Waals surface area contributed by atoms with Crippen molar-refractivity contribution in [3.05, 3.63) is 59.5 Å². The van der Waals surface area contributed by atoms with Gasteiger partial charge in [-0.05, 0) is 44.2 Å². The molecule has 0 aliphatic rings. The summed E-state index contributed by atoms with van der Waals surface area (Å²) in [6.07, 6.45) is 1.64. The molecule has 0 aliphatic carbocycles. The van der Waals surface area contributed by atoms with E-state index in [0.717, 1.165) is 11.3 Å². The summed E-state index contributed by atoms with van der Waals surface area (Å²) in [5, 5.41) is 3.04. The van der Waals surface area contributed by atoms with Gasteiger partial charge in [0.2, 0.25) is 5.91 Å². The minimum atomic E-state index is 0.00992. The highest BCUT2D eigenvalue weighted by Gasteiger charge is 2.13. The first kappa shape index (κ1) is 15.3. The van der Waals surface area contributed by atoms with Crippen molar-refractivity contribution in [3.8, 4) is 0 Å². The number of hydrogen-bond donors (Lipinski definition) is 1. The predicted molar refractivity (Wildman–Crippen MR) is 82.8 cm³/mol. The molecule has 112 valence electrons. The van der Waals surface area contributed by atoms with Crippen molar-refractivity contribution in [2.45, 2.75) is 26.4 Å². The van der Waals surface area contributed by atoms with Crippen LogP contribution in [-0.2, 0) is 11.3 Å². The molecule has 1 N–H and O–H groups in total. The second-order valence-electron chi connectivity index (χ2n) is 5.40. The smallest absolute Gasteiger partial charge is 0.234 e. The molecule has 0 saturated heterocycles. The van der Waals surface area contributed by atoms with E-state index >= 15 is 0 Å². The van der Waals surface area contributed by atoms with Crippen LogP contribution in [0, 0.1) is 6.92 Å². The van der Waals surface area contributed by atoms with E-state index in [2.05, 4.69) is 18.3 Å². The van der Waals surface area contributed by atoms with E-state index < -0.39 is 0 Å². The first-order valence-corrected chi connectivity index (χ1v) is 7.12. The number of likely N-dealkylation sites (N-methyl/N-ethyl adjacent to an activating group) is 1. The molecule has 0 unspecified atom stereocenters. The fourth-order valence-corrected chi connectivity index (χ4v) is 2.41. The summed E-state index contributed by atoms with van der Waals surface area (Å²) in [6, 6.07) is 11.9. The molecule has 1 aromatic carbocycles. The molecular formula is C17H22N2O2. The third kappa shape index (κ3) is 4.46. The van der Waals surface area contributed by atoms with Crippen LogP contribution in [0.3, 0.4) is 0 Å². The van der Waals surface area contributed by atoms with E-state index in [1.165, 1.54) is 5.56 Å². The second-order valence-corrected chi connectivity index (χ2v) is 5.40. The number of benzene rings is 1. The molecule has 4 nitrogen and oxygen atoms in total. The summed E-state index contributed by atoms with van der Waals surface area (Å²) >= 11 is 0. The number of nitrogens with one attached hydrogen (secondary N) is 1. The van der Waals surface area contributed by atoms with Gasteiger partial charge in [0.25, 0.3) is 0 Å². The standard InChI is InChI=1S/C17H22N2O2/c1-13-7-4-5-9-16(13)14(2)18-17(20)12-19(3)11-15-8-6-10-21-15/h4-10,14H,11-12H2,1-3H3,(H,18,20)/t14-/m1/s1. The van der Waals surface area contributed by atoms with Crippen LogP contribution in [0.25, 0.3) is 0 Å². The van der Waals surface area contributed by atoms with Gasteiger partial charge in [0, 0.05) is 0 Å². The maximum Gasteiger partial charge on any atom is 0.234 e. The summed E-state index contributed by atoms with van der Waals surface area (Å²) in [7, 11) is 1.90. The number of amides is 1. The summed E-state index contributed by atoms with van der Waals surface area (Å²) in [6.45, 7) is 5.03. The van der Waals surface area contributed by atoms with Gasteiger partial charge in [0.15, 0.2) is 0 Å². The van der Waals surface area contributed by atoms with Crippen molar-refractivity contribution in [1.29, 1.82) is 0 Å². The molecule has 1 amide bonds. The lowest BCUT2D eigenvalue weighted by molar-refractivity contribution is -0.122. The Morgan fingerprint density at radius 2 is 2.05 bits per heavy atom. The Balaban J connectivity index is 1.85. The minimum Gasteiger partial charge on any atom is -0.468 e. The van der Waals surface area contributed by atoms with Gasteiger partial charge in [-0.3, -0.25) is 9.69 Å². The molecule has 4 heteroatoms. The van der Waals surface area contributed by atoms with Crippen molar-refractivity contribution in [2.24, 2.45) is 0 Å². The van der Waals surface area contributed by atoms with Gasteiger partial charge in [-0.15, -0.1) is 0 Å². The maximum absolute atomic E-state index is 12.1. The Labute approximate surface area is 125 Å². The average molecular weight is 286 g/mol. The molecule has 1 aromatic heterocycles. The monoisotopic (exact) mass is 286 g/mol. The van der Waals surface area contributed by atoms with Crippen LogP contribution in [0.1, 0.15) is 29.9 Å². The van der Waals surface area contributed by atoms with E-state index in [1.54, 1.807) is 6.26 Å². The van der Waals surface area contributed by atoms with Crippen molar-refractivity contribution >= 4 is 5.91 Å². The zero-order valence-electron chi connectivity index (χ0n) is 12.8. The minimum absolute atomic E-state index is 0.00992. The van der Waals surface area contributed by atoms with Crippen LogP contribution < -0.4 is 5.32 Å². The summed E-state index contributed by atoms with van der Waals surface area (Å²) in [4.78, 5) is 14.0. The van der Waals surface area contributed by atoms with E-state index in [0.29, 0.717) is 13.1 Å². The third-order valence-electron chi connectivity index (χ3n) is 3.45. The fraction of sp³-hybridized carbons (Fsp3) is 0.353. The van der Waals surface area contributed by atoms with Crippen LogP contribution in [0.5, 0.6) is 0 Å². The van der Waals surface area contributed by atoms with Gasteiger partial charge in [-0.2, -0.15) is 0 Å². The average Bonchev–Trinajstić information content (AvgIpc) is 2.91. The van der Waals surface area contributed by atoms with Gasteiger partial charge in [0.1, 0.15) is 5.76 Å². The van der Waals surface area contributed by atoms with E-state index in [4.69, 9.17) is 4.42 Å². The number of carbonyl (C=O) groups excluding carboxylic acids is 1. The van der Waals surface area contributed by atoms with Crippen LogP contribution in [0.15, 0.2) is 47.1 Å². The van der Waals surface area contributed by atoms with Crippen LogP contribution in [0.4, 0.5) is 0 Å². The molecule has 0 aliphatic heterocycles. The summed E-state index contributed by atoms with van der Waals surface area (Å²) < 4.78 is 5.28. The fourth-order valence-electron chi connectivity index (χ4n) is 2.41. The molecule has 1 heterocycles. The second kappa shape index (κ2) is 7.09. The molecule has 2 rings (SSSR count). The van der Waals surface area contributed by atoms with E-state index in [1.807, 2.05) is 49.2 Å². The SMILES string of the molecule is Cc1ccccc1[C@@H](C)NC(=O)CN(C)Cc1ccco1. The highest BCUT2D eigenvalue weighted by molar-refractivity contribution is 5.78. The first-order valence-electron chi connectivity index (χ1n) is 7.12. The normalized spacial score (nSPS) is 12.4. The van der Waals surface area contributed by atoms with Crippen molar-refractivity contribution < 1.29 is 9.21 Å². The lowest BCUT2D eigenvalue weighted by Crippen LogP contribution is -2.36. The van der Waals surface area contributed by atoms with Crippen LogP contribution in [-0.4, -0.2) is 24.4 Å². The van der Waals surface area contributed by atoms with Gasteiger partial charge in [-0.1, -0.05) is 24.3 Å². The largest absolute Gasteiger partial charge is 0.468 e. The van der Waals surface area contributed by atoms with Crippen molar-refractivity contribution in [3.63, 3.8) is 0 Å². The predicted octanol–water partition coefficient (Wildman–Crippen LogP) is 2.90. The topological polar surface area (TPSA) is 45.5 Å². The highest BCUT2D eigenvalue weighted by Crippen LogP contribution is 2.16. The van der Waals surface area contributed by atoms with Gasteiger partial charge in [-0.25, -0.2) is 0 Å². The lowest BCUT2D eigenvalue weighted by atomic mass is 10.0. The zero-order valence-corrected chi connectivity index (χ0v) is 12.8. The number of aryl methyl sites for hydroxylation is 1. The molecule has 0 spiro atoms. The number of nitrogens with zero attached hydrogens (tertiary/aromatic N) is 1. The number of carbonyl (C=O) groups is 1. The number of hydrogen-bond acceptors (Lipinski definition) is 3.